The standard InChI is InChI=1S/2C7H16O3S.C7H14O3.C5H10O3/c2*1-7(2)10-5-4-6-11(3,8)9;1-4-9-7(8)5-10-6(2)3;1-4(2)8-3-5(6)7/h2*7H,4-6H2,1-3H3;6H,4-5H2,1-3H3;4H,3H2,1-2H3,(H,6,7). The number of carboxylic acids is 1. The molecule has 0 atom stereocenters. The Morgan fingerprint density at radius 1 is 0.625 bits per heavy atom. The van der Waals surface area contributed by atoms with Crippen LogP contribution in [0.3, 0.4) is 0 Å². The van der Waals surface area contributed by atoms with Crippen LogP contribution in [0.5, 0.6) is 0 Å². The molecule has 0 aliphatic heterocycles. The lowest BCUT2D eigenvalue weighted by Crippen LogP contribution is -2.15. The Balaban J connectivity index is -0.000000218. The SMILES string of the molecule is CC(C)OCC(=O)O.CC(C)OCCCS(C)(=O)=O.CC(C)OCCCS(C)(=O)=O.CCOC(=O)COC(C)C. The highest BCUT2D eigenvalue weighted by atomic mass is 32.2. The lowest BCUT2D eigenvalue weighted by molar-refractivity contribution is -0.150. The molecule has 14 heteroatoms. The maximum absolute atomic E-state index is 10.6. The Labute approximate surface area is 243 Å². The molecule has 0 heterocycles. The summed E-state index contributed by atoms with van der Waals surface area (Å²) < 4.78 is 67.1. The monoisotopic (exact) mass is 624 g/mol. The van der Waals surface area contributed by atoms with Crippen molar-refractivity contribution in [1.82, 2.24) is 0 Å². The molecule has 0 aromatic carbocycles. The molecule has 0 spiro atoms. The molecular formula is C26H56O12S2. The molecule has 0 rings (SSSR count). The van der Waals surface area contributed by atoms with E-state index in [1.165, 1.54) is 12.5 Å². The van der Waals surface area contributed by atoms with Gasteiger partial charge in [0.25, 0.3) is 0 Å². The molecule has 1 N–H and O–H groups in total. The summed E-state index contributed by atoms with van der Waals surface area (Å²) in [5.74, 6) is -0.769. The quantitative estimate of drug-likeness (QED) is 0.186. The first-order chi connectivity index (χ1) is 18.1. The van der Waals surface area contributed by atoms with Crippen LogP contribution in [-0.4, -0.2) is 115 Å². The molecule has 0 aromatic rings. The van der Waals surface area contributed by atoms with Crippen molar-refractivity contribution in [1.29, 1.82) is 0 Å². The van der Waals surface area contributed by atoms with E-state index in [4.69, 9.17) is 24.1 Å². The second-order valence-electron chi connectivity index (χ2n) is 9.72. The van der Waals surface area contributed by atoms with Gasteiger partial charge in [0.05, 0.1) is 42.5 Å². The zero-order valence-corrected chi connectivity index (χ0v) is 28.1. The highest BCUT2D eigenvalue weighted by Gasteiger charge is 2.03. The van der Waals surface area contributed by atoms with Gasteiger partial charge in [-0.1, -0.05) is 0 Å². The van der Waals surface area contributed by atoms with Crippen LogP contribution >= 0.6 is 0 Å². The second kappa shape index (κ2) is 27.8. The van der Waals surface area contributed by atoms with Gasteiger partial charge in [0.2, 0.25) is 0 Å². The smallest absolute Gasteiger partial charge is 0.332 e. The van der Waals surface area contributed by atoms with Crippen molar-refractivity contribution >= 4 is 31.6 Å². The number of esters is 1. The van der Waals surface area contributed by atoms with E-state index >= 15 is 0 Å². The molecule has 0 radical (unpaired) electrons. The number of aliphatic carboxylic acids is 1. The van der Waals surface area contributed by atoms with E-state index in [1.807, 2.05) is 41.5 Å². The van der Waals surface area contributed by atoms with Crippen molar-refractivity contribution in [2.45, 2.75) is 99.6 Å². The minimum atomic E-state index is -2.80. The number of carbonyl (C=O) groups is 2. The molecule has 40 heavy (non-hydrogen) atoms. The minimum Gasteiger partial charge on any atom is -0.480 e. The molecule has 244 valence electrons. The van der Waals surface area contributed by atoms with Crippen LogP contribution in [-0.2, 0) is 52.9 Å². The topological polar surface area (TPSA) is 169 Å². The van der Waals surface area contributed by atoms with Gasteiger partial charge in [-0.2, -0.15) is 0 Å². The molecule has 0 aromatic heterocycles. The molecule has 0 aliphatic rings. The van der Waals surface area contributed by atoms with Gasteiger partial charge in [0.1, 0.15) is 32.9 Å². The van der Waals surface area contributed by atoms with E-state index in [1.54, 1.807) is 20.8 Å². The van der Waals surface area contributed by atoms with Gasteiger partial charge in [0, 0.05) is 25.7 Å². The third kappa shape index (κ3) is 60.9. The zero-order chi connectivity index (χ0) is 32.4. The fraction of sp³-hybridized carbons (Fsp3) is 0.923. The number of carboxylic acid groups (broad SMARTS) is 1. The van der Waals surface area contributed by atoms with Crippen LogP contribution in [0.25, 0.3) is 0 Å². The number of hydrogen-bond acceptors (Lipinski definition) is 11. The van der Waals surface area contributed by atoms with Gasteiger partial charge in [-0.15, -0.1) is 0 Å². The molecule has 0 aliphatic carbocycles. The Morgan fingerprint density at radius 2 is 0.950 bits per heavy atom. The number of ether oxygens (including phenoxy) is 5. The van der Waals surface area contributed by atoms with E-state index in [0.29, 0.717) is 32.7 Å². The van der Waals surface area contributed by atoms with Crippen LogP contribution in [0.15, 0.2) is 0 Å². The number of sulfone groups is 2. The average Bonchev–Trinajstić information content (AvgIpc) is 2.77. The molecule has 0 amide bonds. The molecule has 12 nitrogen and oxygen atoms in total. The van der Waals surface area contributed by atoms with Crippen molar-refractivity contribution in [3.8, 4) is 0 Å². The normalized spacial score (nSPS) is 11.3. The third-order valence-corrected chi connectivity index (χ3v) is 5.66. The van der Waals surface area contributed by atoms with Crippen molar-refractivity contribution < 1.29 is 55.2 Å². The molecular weight excluding hydrogens is 568 g/mol. The predicted molar refractivity (Wildman–Crippen MR) is 157 cm³/mol. The highest BCUT2D eigenvalue weighted by molar-refractivity contribution is 7.90. The van der Waals surface area contributed by atoms with E-state index in [-0.39, 0.29) is 55.1 Å². The van der Waals surface area contributed by atoms with Crippen molar-refractivity contribution in [2.24, 2.45) is 0 Å². The number of rotatable bonds is 17. The first-order valence-corrected chi connectivity index (χ1v) is 17.4. The lowest BCUT2D eigenvalue weighted by Gasteiger charge is -2.05. The summed E-state index contributed by atoms with van der Waals surface area (Å²) in [4.78, 5) is 20.4. The predicted octanol–water partition coefficient (Wildman–Crippen LogP) is 3.16. The fourth-order valence-corrected chi connectivity index (χ4v) is 3.24. The molecule has 0 saturated heterocycles. The molecule has 0 bridgehead atoms. The van der Waals surface area contributed by atoms with Crippen LogP contribution in [0.4, 0.5) is 0 Å². The van der Waals surface area contributed by atoms with E-state index in [9.17, 15) is 26.4 Å². The Kier molecular flexibility index (Phi) is 31.8. The van der Waals surface area contributed by atoms with Crippen molar-refractivity contribution in [3.05, 3.63) is 0 Å². The summed E-state index contributed by atoms with van der Waals surface area (Å²) in [6.45, 7) is 18.2. The van der Waals surface area contributed by atoms with Gasteiger partial charge in [-0.25, -0.2) is 26.4 Å². The zero-order valence-electron chi connectivity index (χ0n) is 26.4. The van der Waals surface area contributed by atoms with Gasteiger partial charge in [-0.3, -0.25) is 0 Å². The van der Waals surface area contributed by atoms with E-state index < -0.39 is 25.6 Å². The van der Waals surface area contributed by atoms with Gasteiger partial charge in [0.15, 0.2) is 0 Å². The summed E-state index contributed by atoms with van der Waals surface area (Å²) >= 11 is 0. The minimum absolute atomic E-state index is 0.00565. The molecule has 0 saturated carbocycles. The summed E-state index contributed by atoms with van der Waals surface area (Å²) in [5.41, 5.74) is 0. The first kappa shape index (κ1) is 45.7. The average molecular weight is 625 g/mol. The summed E-state index contributed by atoms with van der Waals surface area (Å²) in [6.07, 6.45) is 4.14. The van der Waals surface area contributed by atoms with E-state index in [0.717, 1.165) is 0 Å². The van der Waals surface area contributed by atoms with Crippen LogP contribution in [0.1, 0.15) is 75.2 Å². The van der Waals surface area contributed by atoms with Gasteiger partial charge < -0.3 is 28.8 Å². The first-order valence-electron chi connectivity index (χ1n) is 13.3. The lowest BCUT2D eigenvalue weighted by atomic mass is 10.4. The largest absolute Gasteiger partial charge is 0.480 e. The fourth-order valence-electron chi connectivity index (χ4n) is 1.96. The highest BCUT2D eigenvalue weighted by Crippen LogP contribution is 1.94. The maximum Gasteiger partial charge on any atom is 0.332 e. The van der Waals surface area contributed by atoms with Gasteiger partial charge in [-0.05, 0) is 75.2 Å². The second-order valence-corrected chi connectivity index (χ2v) is 14.2. The van der Waals surface area contributed by atoms with Crippen LogP contribution in [0, 0.1) is 0 Å². The summed E-state index contributed by atoms with van der Waals surface area (Å²) in [5, 5.41) is 8.04. The number of hydrogen-bond donors (Lipinski definition) is 1. The van der Waals surface area contributed by atoms with Crippen molar-refractivity contribution in [3.63, 3.8) is 0 Å². The molecule has 0 fully saturated rings. The van der Waals surface area contributed by atoms with Crippen LogP contribution < -0.4 is 0 Å². The van der Waals surface area contributed by atoms with Crippen LogP contribution in [0.2, 0.25) is 0 Å². The molecule has 0 unspecified atom stereocenters. The van der Waals surface area contributed by atoms with Gasteiger partial charge >= 0.3 is 11.9 Å². The van der Waals surface area contributed by atoms with Crippen molar-refractivity contribution in [2.75, 3.05) is 57.1 Å². The third-order valence-electron chi connectivity index (χ3n) is 3.60. The summed E-state index contributed by atoms with van der Waals surface area (Å²) in [7, 11) is -5.60. The number of carbonyl (C=O) groups excluding carboxylic acids is 1. The Morgan fingerprint density at radius 3 is 1.18 bits per heavy atom. The summed E-state index contributed by atoms with van der Waals surface area (Å²) in [6, 6.07) is 0. The maximum atomic E-state index is 10.6. The van der Waals surface area contributed by atoms with E-state index in [2.05, 4.69) is 4.74 Å². The Hall–Kier alpha value is -1.32. The Bertz CT molecular complexity index is 762.